The van der Waals surface area contributed by atoms with E-state index in [1.54, 1.807) is 20.8 Å². The highest BCUT2D eigenvalue weighted by Gasteiger charge is 2.23. The summed E-state index contributed by atoms with van der Waals surface area (Å²) in [5.74, 6) is -1.57. The number of ether oxygens (including phenoxy) is 1. The second kappa shape index (κ2) is 6.82. The van der Waals surface area contributed by atoms with Crippen LogP contribution in [0.4, 0.5) is 0 Å². The molecule has 1 unspecified atom stereocenters. The second-order valence-electron chi connectivity index (χ2n) is 3.72. The third-order valence-corrected chi connectivity index (χ3v) is 3.22. The Labute approximate surface area is 96.0 Å². The summed E-state index contributed by atoms with van der Waals surface area (Å²) in [6.45, 7) is 4.98. The van der Waals surface area contributed by atoms with Gasteiger partial charge in [-0.05, 0) is 12.8 Å². The molecule has 0 aromatic carbocycles. The van der Waals surface area contributed by atoms with Crippen LogP contribution >= 0.6 is 0 Å². The largest absolute Gasteiger partial charge is 0.465 e. The molecular weight excluding hydrogens is 234 g/mol. The third-order valence-electron chi connectivity index (χ3n) is 1.95. The summed E-state index contributed by atoms with van der Waals surface area (Å²) in [4.78, 5) is 11.0. The van der Waals surface area contributed by atoms with Gasteiger partial charge in [-0.25, -0.2) is 13.1 Å². The zero-order valence-corrected chi connectivity index (χ0v) is 10.6. The molecule has 0 amide bonds. The Kier molecular flexibility index (Phi) is 6.54. The summed E-state index contributed by atoms with van der Waals surface area (Å²) < 4.78 is 29.7. The monoisotopic (exact) mass is 253 g/mol. The Bertz CT molecular complexity index is 312. The Hall–Kier alpha value is -0.660. The second-order valence-corrected chi connectivity index (χ2v) is 5.47. The van der Waals surface area contributed by atoms with Crippen LogP contribution in [0.25, 0.3) is 0 Å². The summed E-state index contributed by atoms with van der Waals surface area (Å²) in [6.07, 6.45) is 0. The van der Waals surface area contributed by atoms with Crippen LogP contribution in [-0.4, -0.2) is 44.5 Å². The van der Waals surface area contributed by atoms with Crippen LogP contribution < -0.4 is 4.72 Å². The van der Waals surface area contributed by atoms with Gasteiger partial charge in [-0.1, -0.05) is 13.8 Å². The fourth-order valence-electron chi connectivity index (χ4n) is 1.01. The van der Waals surface area contributed by atoms with Crippen LogP contribution in [0.1, 0.15) is 20.8 Å². The lowest BCUT2D eigenvalue weighted by Crippen LogP contribution is -2.43. The summed E-state index contributed by atoms with van der Waals surface area (Å²) in [7, 11) is -3.74. The van der Waals surface area contributed by atoms with Crippen molar-refractivity contribution in [3.05, 3.63) is 0 Å². The van der Waals surface area contributed by atoms with Crippen LogP contribution in [0.2, 0.25) is 0 Å². The molecular formula is C9H19NO5S. The van der Waals surface area contributed by atoms with E-state index in [-0.39, 0.29) is 19.1 Å². The quantitative estimate of drug-likeness (QED) is 0.596. The van der Waals surface area contributed by atoms with Crippen molar-refractivity contribution in [1.29, 1.82) is 0 Å². The van der Waals surface area contributed by atoms with Crippen LogP contribution in [0.15, 0.2) is 0 Å². The number of nitrogens with one attached hydrogen (secondary N) is 1. The standard InChI is InChI=1S/C9H19NO5S/c1-4-15-9(12)6-16(13,14)10-8(5-11)7(2)3/h7-8,10-11H,4-6H2,1-3H3. The fourth-order valence-corrected chi connectivity index (χ4v) is 2.30. The molecule has 0 fully saturated rings. The molecule has 16 heavy (non-hydrogen) atoms. The Morgan fingerprint density at radius 2 is 2.00 bits per heavy atom. The number of hydrogen-bond donors (Lipinski definition) is 2. The zero-order valence-electron chi connectivity index (χ0n) is 9.76. The van der Waals surface area contributed by atoms with Crippen molar-refractivity contribution in [1.82, 2.24) is 4.72 Å². The predicted octanol–water partition coefficient (Wildman–Crippen LogP) is -0.514. The van der Waals surface area contributed by atoms with Crippen molar-refractivity contribution < 1.29 is 23.1 Å². The highest BCUT2D eigenvalue weighted by atomic mass is 32.2. The van der Waals surface area contributed by atoms with Crippen molar-refractivity contribution in [2.24, 2.45) is 5.92 Å². The molecule has 0 rings (SSSR count). The smallest absolute Gasteiger partial charge is 0.322 e. The van der Waals surface area contributed by atoms with Gasteiger partial charge in [0.1, 0.15) is 0 Å². The van der Waals surface area contributed by atoms with E-state index in [2.05, 4.69) is 9.46 Å². The van der Waals surface area contributed by atoms with Gasteiger partial charge in [0, 0.05) is 6.04 Å². The van der Waals surface area contributed by atoms with E-state index < -0.39 is 27.8 Å². The minimum atomic E-state index is -3.74. The SMILES string of the molecule is CCOC(=O)CS(=O)(=O)NC(CO)C(C)C. The Balaban J connectivity index is 4.39. The van der Waals surface area contributed by atoms with Crippen molar-refractivity contribution in [2.75, 3.05) is 19.0 Å². The van der Waals surface area contributed by atoms with Gasteiger partial charge in [0.2, 0.25) is 10.0 Å². The minimum absolute atomic E-state index is 0.0537. The molecule has 0 saturated carbocycles. The van der Waals surface area contributed by atoms with Gasteiger partial charge in [-0.3, -0.25) is 4.79 Å². The number of rotatable bonds is 7. The van der Waals surface area contributed by atoms with E-state index >= 15 is 0 Å². The summed E-state index contributed by atoms with van der Waals surface area (Å²) in [6, 6.07) is -0.584. The van der Waals surface area contributed by atoms with E-state index in [0.29, 0.717) is 0 Å². The van der Waals surface area contributed by atoms with Gasteiger partial charge in [0.05, 0.1) is 13.2 Å². The van der Waals surface area contributed by atoms with Crippen molar-refractivity contribution >= 4 is 16.0 Å². The van der Waals surface area contributed by atoms with E-state index in [1.807, 2.05) is 0 Å². The molecule has 6 nitrogen and oxygen atoms in total. The number of aliphatic hydroxyl groups excluding tert-OH is 1. The first-order valence-electron chi connectivity index (χ1n) is 5.08. The molecule has 0 aliphatic carbocycles. The summed E-state index contributed by atoms with van der Waals surface area (Å²) in [5.41, 5.74) is 0. The first-order valence-corrected chi connectivity index (χ1v) is 6.74. The molecule has 0 aliphatic heterocycles. The number of esters is 1. The Morgan fingerprint density at radius 3 is 2.38 bits per heavy atom. The first-order chi connectivity index (χ1) is 7.32. The average molecular weight is 253 g/mol. The van der Waals surface area contributed by atoms with Crippen molar-refractivity contribution in [3.8, 4) is 0 Å². The highest BCUT2D eigenvalue weighted by Crippen LogP contribution is 2.02. The van der Waals surface area contributed by atoms with Gasteiger partial charge in [0.25, 0.3) is 0 Å². The zero-order chi connectivity index (χ0) is 12.8. The molecule has 0 bridgehead atoms. The normalized spacial score (nSPS) is 13.8. The predicted molar refractivity (Wildman–Crippen MR) is 59.3 cm³/mol. The molecule has 0 radical (unpaired) electrons. The van der Waals surface area contributed by atoms with Crippen LogP contribution in [0.5, 0.6) is 0 Å². The van der Waals surface area contributed by atoms with E-state index in [0.717, 1.165) is 0 Å². The molecule has 7 heteroatoms. The van der Waals surface area contributed by atoms with Crippen LogP contribution in [0.3, 0.4) is 0 Å². The third kappa shape index (κ3) is 6.04. The molecule has 0 heterocycles. The fraction of sp³-hybridized carbons (Fsp3) is 0.889. The van der Waals surface area contributed by atoms with E-state index in [1.165, 1.54) is 0 Å². The summed E-state index contributed by atoms with van der Waals surface area (Å²) in [5, 5.41) is 8.95. The number of carbonyl (C=O) groups is 1. The molecule has 0 aromatic rings. The molecule has 0 aliphatic rings. The Morgan fingerprint density at radius 1 is 1.44 bits per heavy atom. The van der Waals surface area contributed by atoms with Gasteiger partial charge in [-0.2, -0.15) is 0 Å². The summed E-state index contributed by atoms with van der Waals surface area (Å²) >= 11 is 0. The molecule has 2 N–H and O–H groups in total. The molecule has 96 valence electrons. The van der Waals surface area contributed by atoms with Gasteiger partial charge < -0.3 is 9.84 Å². The van der Waals surface area contributed by atoms with Gasteiger partial charge in [-0.15, -0.1) is 0 Å². The lowest BCUT2D eigenvalue weighted by molar-refractivity contribution is -0.139. The maximum absolute atomic E-state index is 11.5. The highest BCUT2D eigenvalue weighted by molar-refractivity contribution is 7.90. The topological polar surface area (TPSA) is 92.7 Å². The average Bonchev–Trinajstić information content (AvgIpc) is 2.13. The minimum Gasteiger partial charge on any atom is -0.465 e. The maximum atomic E-state index is 11.5. The number of aliphatic hydroxyl groups is 1. The maximum Gasteiger partial charge on any atom is 0.322 e. The number of carbonyl (C=O) groups excluding carboxylic acids is 1. The van der Waals surface area contributed by atoms with Crippen molar-refractivity contribution in [3.63, 3.8) is 0 Å². The van der Waals surface area contributed by atoms with Crippen LogP contribution in [0, 0.1) is 5.92 Å². The number of hydrogen-bond acceptors (Lipinski definition) is 5. The molecule has 0 saturated heterocycles. The first kappa shape index (κ1) is 15.3. The van der Waals surface area contributed by atoms with E-state index in [9.17, 15) is 13.2 Å². The van der Waals surface area contributed by atoms with Crippen molar-refractivity contribution in [2.45, 2.75) is 26.8 Å². The number of sulfonamides is 1. The van der Waals surface area contributed by atoms with Crippen LogP contribution in [-0.2, 0) is 19.6 Å². The molecule has 0 spiro atoms. The van der Waals surface area contributed by atoms with Gasteiger partial charge >= 0.3 is 5.97 Å². The lowest BCUT2D eigenvalue weighted by atomic mass is 10.1. The molecule has 0 aromatic heterocycles. The molecule has 1 atom stereocenters. The van der Waals surface area contributed by atoms with Gasteiger partial charge in [0.15, 0.2) is 5.75 Å². The van der Waals surface area contributed by atoms with E-state index in [4.69, 9.17) is 5.11 Å². The lowest BCUT2D eigenvalue weighted by Gasteiger charge is -2.19.